The Kier molecular flexibility index (Phi) is 4.96. The molecule has 0 aliphatic carbocycles. The van der Waals surface area contributed by atoms with Gasteiger partial charge in [-0.15, -0.1) is 0 Å². The largest absolute Gasteiger partial charge is 0.393 e. The minimum atomic E-state index is -3.74. The van der Waals surface area contributed by atoms with E-state index >= 15 is 0 Å². The van der Waals surface area contributed by atoms with Crippen molar-refractivity contribution >= 4 is 10.0 Å². The minimum Gasteiger partial charge on any atom is -0.393 e. The molecule has 0 aromatic heterocycles. The van der Waals surface area contributed by atoms with E-state index in [-0.39, 0.29) is 30.6 Å². The van der Waals surface area contributed by atoms with Gasteiger partial charge in [-0.25, -0.2) is 8.42 Å². The Bertz CT molecular complexity index is 660. The fourth-order valence-electron chi connectivity index (χ4n) is 3.38. The second kappa shape index (κ2) is 6.70. The van der Waals surface area contributed by atoms with Crippen LogP contribution in [0.3, 0.4) is 0 Å². The number of aliphatic hydroxyl groups excluding tert-OH is 2. The van der Waals surface area contributed by atoms with Crippen LogP contribution in [0.1, 0.15) is 12.8 Å². The van der Waals surface area contributed by atoms with Crippen molar-refractivity contribution in [3.05, 3.63) is 30.3 Å². The van der Waals surface area contributed by atoms with Crippen molar-refractivity contribution in [3.63, 3.8) is 0 Å². The highest BCUT2D eigenvalue weighted by Gasteiger charge is 2.49. The van der Waals surface area contributed by atoms with Crippen molar-refractivity contribution in [3.8, 4) is 0 Å². The maximum atomic E-state index is 12.7. The lowest BCUT2D eigenvalue weighted by atomic mass is 9.98. The van der Waals surface area contributed by atoms with Gasteiger partial charge in [-0.2, -0.15) is 4.31 Å². The summed E-state index contributed by atoms with van der Waals surface area (Å²) in [6.07, 6.45) is -0.210. The van der Waals surface area contributed by atoms with Crippen LogP contribution in [0, 0.1) is 0 Å². The monoisotopic (exact) mass is 356 g/mol. The van der Waals surface area contributed by atoms with E-state index in [4.69, 9.17) is 0 Å². The van der Waals surface area contributed by atoms with E-state index in [1.807, 2.05) is 4.90 Å². The smallest absolute Gasteiger partial charge is 0.243 e. The van der Waals surface area contributed by atoms with Gasteiger partial charge in [0.15, 0.2) is 0 Å². The molecule has 0 radical (unpaired) electrons. The van der Waals surface area contributed by atoms with Crippen LogP contribution >= 0.6 is 0 Å². The van der Waals surface area contributed by atoms with Crippen LogP contribution < -0.4 is 0 Å². The number of hydrogen-bond donors (Lipinski definition) is 3. The third kappa shape index (κ3) is 3.49. The second-order valence-electron chi connectivity index (χ2n) is 6.74. The highest BCUT2D eigenvalue weighted by Crippen LogP contribution is 2.29. The number of hydrogen-bond acceptors (Lipinski definition) is 6. The van der Waals surface area contributed by atoms with Crippen LogP contribution in [0.15, 0.2) is 35.2 Å². The first-order valence-corrected chi connectivity index (χ1v) is 9.61. The summed E-state index contributed by atoms with van der Waals surface area (Å²) >= 11 is 0. The molecule has 1 aromatic rings. The van der Waals surface area contributed by atoms with Crippen LogP contribution in [0.5, 0.6) is 0 Å². The van der Waals surface area contributed by atoms with Crippen molar-refractivity contribution in [2.45, 2.75) is 35.5 Å². The Morgan fingerprint density at radius 1 is 1.12 bits per heavy atom. The van der Waals surface area contributed by atoms with Gasteiger partial charge in [-0.1, -0.05) is 18.2 Å². The number of β-amino-alcohol motifs (C(OH)–C–C–N with tert-alkyl or cyclic N) is 2. The first-order valence-electron chi connectivity index (χ1n) is 8.17. The third-order valence-electron chi connectivity index (χ3n) is 4.88. The van der Waals surface area contributed by atoms with E-state index in [1.54, 1.807) is 18.2 Å². The van der Waals surface area contributed by atoms with Crippen molar-refractivity contribution in [2.24, 2.45) is 0 Å². The molecule has 0 bridgehead atoms. The van der Waals surface area contributed by atoms with Crippen LogP contribution in [-0.2, 0) is 10.0 Å². The zero-order chi connectivity index (χ0) is 17.4. The summed E-state index contributed by atoms with van der Waals surface area (Å²) in [6, 6.07) is 8.03. The predicted molar refractivity (Wildman–Crippen MR) is 87.8 cm³/mol. The summed E-state index contributed by atoms with van der Waals surface area (Å²) in [5, 5.41) is 30.6. The molecule has 2 aliphatic rings. The van der Waals surface area contributed by atoms with Gasteiger partial charge in [0, 0.05) is 32.7 Å². The number of likely N-dealkylation sites (tertiary alicyclic amines) is 1. The molecule has 8 heteroatoms. The normalized spacial score (nSPS) is 30.7. The molecule has 0 amide bonds. The Hall–Kier alpha value is -1.03. The molecule has 1 aromatic carbocycles. The molecular formula is C16H24N2O5S. The topological polar surface area (TPSA) is 101 Å². The highest BCUT2D eigenvalue weighted by atomic mass is 32.2. The van der Waals surface area contributed by atoms with Crippen LogP contribution in [0.25, 0.3) is 0 Å². The number of rotatable bonds is 4. The van der Waals surface area contributed by atoms with Gasteiger partial charge in [0.2, 0.25) is 10.0 Å². The Labute approximate surface area is 142 Å². The third-order valence-corrected chi connectivity index (χ3v) is 6.71. The minimum absolute atomic E-state index is 0.121. The van der Waals surface area contributed by atoms with Gasteiger partial charge in [-0.3, -0.25) is 0 Å². The van der Waals surface area contributed by atoms with Crippen LogP contribution in [0.4, 0.5) is 0 Å². The second-order valence-corrected chi connectivity index (χ2v) is 8.68. The summed E-state index contributed by atoms with van der Waals surface area (Å²) in [6.45, 7) is 1.19. The highest BCUT2D eigenvalue weighted by molar-refractivity contribution is 7.89. The molecule has 134 valence electrons. The van der Waals surface area contributed by atoms with Crippen molar-refractivity contribution in [2.75, 3.05) is 32.7 Å². The van der Waals surface area contributed by atoms with Crippen LogP contribution in [-0.4, -0.2) is 83.5 Å². The van der Waals surface area contributed by atoms with Gasteiger partial charge < -0.3 is 20.2 Å². The Morgan fingerprint density at radius 3 is 2.38 bits per heavy atom. The van der Waals surface area contributed by atoms with Crippen LogP contribution in [0.2, 0.25) is 0 Å². The molecule has 24 heavy (non-hydrogen) atoms. The quantitative estimate of drug-likeness (QED) is 0.656. The summed E-state index contributed by atoms with van der Waals surface area (Å²) in [5.74, 6) is 0. The molecule has 2 fully saturated rings. The number of aliphatic hydroxyl groups is 3. The maximum Gasteiger partial charge on any atom is 0.243 e. The van der Waals surface area contributed by atoms with Gasteiger partial charge in [0.25, 0.3) is 0 Å². The Balaban J connectivity index is 1.72. The average Bonchev–Trinajstić information content (AvgIpc) is 2.86. The van der Waals surface area contributed by atoms with Crippen molar-refractivity contribution in [1.82, 2.24) is 9.21 Å². The molecule has 0 unspecified atom stereocenters. The molecule has 2 aliphatic heterocycles. The molecule has 3 rings (SSSR count). The SMILES string of the molecule is O=S(=O)(c1ccccc1)N1C[C@@H](O)[C@](O)(CN2CCC(O)CC2)C1. The lowest BCUT2D eigenvalue weighted by molar-refractivity contribution is -0.0682. The molecule has 0 spiro atoms. The van der Waals surface area contributed by atoms with Gasteiger partial charge in [0.05, 0.1) is 17.1 Å². The lowest BCUT2D eigenvalue weighted by Gasteiger charge is -2.36. The predicted octanol–water partition coefficient (Wildman–Crippen LogP) is -0.760. The fraction of sp³-hybridized carbons (Fsp3) is 0.625. The molecular weight excluding hydrogens is 332 g/mol. The van der Waals surface area contributed by atoms with E-state index in [9.17, 15) is 23.7 Å². The maximum absolute atomic E-state index is 12.7. The lowest BCUT2D eigenvalue weighted by Crippen LogP contribution is -2.53. The molecule has 0 saturated carbocycles. The van der Waals surface area contributed by atoms with Crippen molar-refractivity contribution in [1.29, 1.82) is 0 Å². The zero-order valence-electron chi connectivity index (χ0n) is 13.5. The zero-order valence-corrected chi connectivity index (χ0v) is 14.3. The molecule has 2 saturated heterocycles. The standard InChI is InChI=1S/C16H24N2O5S/c19-13-6-8-17(9-7-13)11-16(21)12-18(10-15(16)20)24(22,23)14-4-2-1-3-5-14/h1-5,13,15,19-21H,6-12H2/t15-,16+/m1/s1. The molecule has 2 atom stereocenters. The first-order chi connectivity index (χ1) is 11.3. The number of nitrogens with zero attached hydrogens (tertiary/aromatic N) is 2. The van der Waals surface area contributed by atoms with E-state index < -0.39 is 21.7 Å². The molecule has 2 heterocycles. The number of benzene rings is 1. The fourth-order valence-corrected chi connectivity index (χ4v) is 4.91. The summed E-state index contributed by atoms with van der Waals surface area (Å²) in [4.78, 5) is 2.12. The van der Waals surface area contributed by atoms with E-state index in [1.165, 1.54) is 12.1 Å². The number of sulfonamides is 1. The van der Waals surface area contributed by atoms with E-state index in [0.29, 0.717) is 25.9 Å². The van der Waals surface area contributed by atoms with Gasteiger partial charge >= 0.3 is 0 Å². The Morgan fingerprint density at radius 2 is 1.75 bits per heavy atom. The van der Waals surface area contributed by atoms with E-state index in [2.05, 4.69) is 0 Å². The summed E-state index contributed by atoms with van der Waals surface area (Å²) in [5.41, 5.74) is -1.50. The van der Waals surface area contributed by atoms with Crippen molar-refractivity contribution < 1.29 is 23.7 Å². The summed E-state index contributed by atoms with van der Waals surface area (Å²) < 4.78 is 26.5. The number of piperidine rings is 1. The van der Waals surface area contributed by atoms with Gasteiger partial charge in [-0.05, 0) is 25.0 Å². The van der Waals surface area contributed by atoms with Gasteiger partial charge in [0.1, 0.15) is 5.60 Å². The molecule has 3 N–H and O–H groups in total. The molecule has 7 nitrogen and oxygen atoms in total. The first kappa shape index (κ1) is 17.8. The summed E-state index contributed by atoms with van der Waals surface area (Å²) in [7, 11) is -3.74. The van der Waals surface area contributed by atoms with E-state index in [0.717, 1.165) is 4.31 Å². The average molecular weight is 356 g/mol.